The second kappa shape index (κ2) is 6.29. The number of rotatable bonds is 3. The zero-order valence-corrected chi connectivity index (χ0v) is 15.2. The van der Waals surface area contributed by atoms with Crippen molar-refractivity contribution in [3.8, 4) is 0 Å². The van der Waals surface area contributed by atoms with Gasteiger partial charge < -0.3 is 9.31 Å². The van der Waals surface area contributed by atoms with Crippen LogP contribution in [-0.2, 0) is 22.0 Å². The van der Waals surface area contributed by atoms with Crippen LogP contribution >= 0.6 is 0 Å². The largest absolute Gasteiger partial charge is 0.494 e. The Balaban J connectivity index is 1.92. The van der Waals surface area contributed by atoms with E-state index in [0.717, 1.165) is 32.0 Å². The van der Waals surface area contributed by atoms with Gasteiger partial charge in [0.25, 0.3) is 0 Å². The Bertz CT molecular complexity index is 624. The third-order valence-corrected chi connectivity index (χ3v) is 5.47. The molecule has 2 saturated heterocycles. The molecule has 0 amide bonds. The van der Waals surface area contributed by atoms with Gasteiger partial charge in [0, 0.05) is 6.54 Å². The predicted molar refractivity (Wildman–Crippen MR) is 91.7 cm³/mol. The Morgan fingerprint density at radius 2 is 1.56 bits per heavy atom. The van der Waals surface area contributed by atoms with Crippen LogP contribution in [0.15, 0.2) is 18.2 Å². The predicted octanol–water partition coefficient (Wildman–Crippen LogP) is 3.60. The zero-order chi connectivity index (χ0) is 18.5. The molecular weight excluding hydrogens is 330 g/mol. The van der Waals surface area contributed by atoms with Crippen molar-refractivity contribution in [2.75, 3.05) is 13.1 Å². The molecule has 2 heterocycles. The van der Waals surface area contributed by atoms with Crippen molar-refractivity contribution >= 4 is 12.6 Å². The minimum atomic E-state index is -4.39. The molecular formula is C18H25BF3NO2. The fourth-order valence-electron chi connectivity index (χ4n) is 3.29. The van der Waals surface area contributed by atoms with Gasteiger partial charge in [-0.05, 0) is 70.7 Å². The maximum absolute atomic E-state index is 13.4. The van der Waals surface area contributed by atoms with Crippen LogP contribution in [0.25, 0.3) is 0 Å². The van der Waals surface area contributed by atoms with Gasteiger partial charge in [-0.25, -0.2) is 0 Å². The van der Waals surface area contributed by atoms with Gasteiger partial charge in [0.2, 0.25) is 0 Å². The number of hydrogen-bond acceptors (Lipinski definition) is 3. The van der Waals surface area contributed by atoms with Crippen molar-refractivity contribution in [2.45, 2.75) is 64.5 Å². The average molecular weight is 355 g/mol. The molecule has 0 bridgehead atoms. The first-order chi connectivity index (χ1) is 11.5. The number of likely N-dealkylation sites (tertiary alicyclic amines) is 1. The number of hydrogen-bond donors (Lipinski definition) is 0. The zero-order valence-electron chi connectivity index (χ0n) is 15.2. The third kappa shape index (κ3) is 3.88. The number of alkyl halides is 3. The lowest BCUT2D eigenvalue weighted by Gasteiger charge is -2.32. The van der Waals surface area contributed by atoms with Crippen LogP contribution in [0.3, 0.4) is 0 Å². The van der Waals surface area contributed by atoms with Gasteiger partial charge in [0.05, 0.1) is 16.8 Å². The Morgan fingerprint density at radius 1 is 1.00 bits per heavy atom. The SMILES string of the molecule is CC1(C)OB(c2cc(CN3CCCC3)cc(C(F)(F)F)c2)OC1(C)C. The highest BCUT2D eigenvalue weighted by Gasteiger charge is 2.52. The molecule has 2 aliphatic heterocycles. The van der Waals surface area contributed by atoms with Gasteiger partial charge in [-0.15, -0.1) is 0 Å². The Kier molecular flexibility index (Phi) is 4.71. The highest BCUT2D eigenvalue weighted by molar-refractivity contribution is 6.62. The molecule has 0 aromatic heterocycles. The summed E-state index contributed by atoms with van der Waals surface area (Å²) in [5, 5.41) is 0. The molecule has 0 N–H and O–H groups in total. The summed E-state index contributed by atoms with van der Waals surface area (Å²) < 4.78 is 52.0. The van der Waals surface area contributed by atoms with Crippen molar-refractivity contribution in [1.82, 2.24) is 4.90 Å². The van der Waals surface area contributed by atoms with Gasteiger partial charge in [-0.3, -0.25) is 4.90 Å². The van der Waals surface area contributed by atoms with E-state index in [0.29, 0.717) is 17.6 Å². The molecule has 1 aromatic carbocycles. The molecule has 0 spiro atoms. The molecule has 7 heteroatoms. The van der Waals surface area contributed by atoms with Crippen LogP contribution in [0.4, 0.5) is 13.2 Å². The average Bonchev–Trinajstić information content (AvgIpc) is 3.04. The van der Waals surface area contributed by atoms with Gasteiger partial charge in [-0.1, -0.05) is 12.1 Å². The first-order valence-electron chi connectivity index (χ1n) is 8.77. The van der Waals surface area contributed by atoms with Crippen molar-refractivity contribution in [2.24, 2.45) is 0 Å². The van der Waals surface area contributed by atoms with E-state index in [-0.39, 0.29) is 0 Å². The maximum Gasteiger partial charge on any atom is 0.494 e. The summed E-state index contributed by atoms with van der Waals surface area (Å²) in [5.74, 6) is 0. The molecule has 0 saturated carbocycles. The second-order valence-electron chi connectivity index (χ2n) is 8.03. The van der Waals surface area contributed by atoms with Crippen LogP contribution in [0, 0.1) is 0 Å². The van der Waals surface area contributed by atoms with E-state index in [4.69, 9.17) is 9.31 Å². The van der Waals surface area contributed by atoms with Crippen LogP contribution in [0.1, 0.15) is 51.7 Å². The molecule has 3 rings (SSSR count). The Hall–Kier alpha value is -1.05. The molecule has 0 unspecified atom stereocenters. The summed E-state index contributed by atoms with van der Waals surface area (Å²) in [6.07, 6.45) is -2.19. The number of benzene rings is 1. The monoisotopic (exact) mass is 355 g/mol. The van der Waals surface area contributed by atoms with E-state index >= 15 is 0 Å². The first-order valence-corrected chi connectivity index (χ1v) is 8.77. The molecule has 2 aliphatic rings. The lowest BCUT2D eigenvalue weighted by molar-refractivity contribution is -0.137. The molecule has 0 aliphatic carbocycles. The summed E-state index contributed by atoms with van der Waals surface area (Å²) in [7, 11) is -0.787. The van der Waals surface area contributed by atoms with E-state index in [1.807, 2.05) is 27.7 Å². The summed E-state index contributed by atoms with van der Waals surface area (Å²) in [6, 6.07) is 4.18. The van der Waals surface area contributed by atoms with Crippen molar-refractivity contribution < 1.29 is 22.5 Å². The van der Waals surface area contributed by atoms with Gasteiger partial charge in [0.15, 0.2) is 0 Å². The van der Waals surface area contributed by atoms with Crippen molar-refractivity contribution in [1.29, 1.82) is 0 Å². The van der Waals surface area contributed by atoms with Gasteiger partial charge >= 0.3 is 13.3 Å². The minimum Gasteiger partial charge on any atom is -0.399 e. The fourth-order valence-corrected chi connectivity index (χ4v) is 3.29. The molecule has 3 nitrogen and oxygen atoms in total. The standard InChI is InChI=1S/C18H25BF3NO2/c1-16(2)17(3,4)25-19(24-16)15-10-13(12-23-7-5-6-8-23)9-14(11-15)18(20,21)22/h9-11H,5-8,12H2,1-4H3. The molecule has 0 radical (unpaired) electrons. The summed E-state index contributed by atoms with van der Waals surface area (Å²) in [4.78, 5) is 2.18. The normalized spacial score (nSPS) is 23.4. The van der Waals surface area contributed by atoms with Crippen molar-refractivity contribution in [3.05, 3.63) is 29.3 Å². The van der Waals surface area contributed by atoms with E-state index in [9.17, 15) is 13.2 Å². The molecule has 25 heavy (non-hydrogen) atoms. The molecule has 2 fully saturated rings. The number of nitrogens with zero attached hydrogens (tertiary/aromatic N) is 1. The molecule has 0 atom stereocenters. The highest BCUT2D eigenvalue weighted by atomic mass is 19.4. The van der Waals surface area contributed by atoms with Gasteiger partial charge in [-0.2, -0.15) is 13.2 Å². The Morgan fingerprint density at radius 3 is 2.08 bits per heavy atom. The van der Waals surface area contributed by atoms with Crippen molar-refractivity contribution in [3.63, 3.8) is 0 Å². The van der Waals surface area contributed by atoms with Gasteiger partial charge in [0.1, 0.15) is 0 Å². The summed E-state index contributed by atoms with van der Waals surface area (Å²) >= 11 is 0. The fraction of sp³-hybridized carbons (Fsp3) is 0.667. The lowest BCUT2D eigenvalue weighted by Crippen LogP contribution is -2.41. The van der Waals surface area contributed by atoms with E-state index in [1.165, 1.54) is 6.07 Å². The van der Waals surface area contributed by atoms with E-state index in [2.05, 4.69) is 4.90 Å². The first kappa shape index (κ1) is 18.7. The lowest BCUT2D eigenvalue weighted by atomic mass is 9.77. The summed E-state index contributed by atoms with van der Waals surface area (Å²) in [5.41, 5.74) is -0.722. The van der Waals surface area contributed by atoms with Crippen LogP contribution in [0.5, 0.6) is 0 Å². The highest BCUT2D eigenvalue weighted by Crippen LogP contribution is 2.37. The second-order valence-corrected chi connectivity index (χ2v) is 8.03. The van der Waals surface area contributed by atoms with Crippen LogP contribution in [-0.4, -0.2) is 36.3 Å². The maximum atomic E-state index is 13.4. The van der Waals surface area contributed by atoms with Crippen LogP contribution in [0.2, 0.25) is 0 Å². The molecule has 138 valence electrons. The minimum absolute atomic E-state index is 0.433. The third-order valence-electron chi connectivity index (χ3n) is 5.47. The Labute approximate surface area is 147 Å². The van der Waals surface area contributed by atoms with E-state index < -0.39 is 30.1 Å². The quantitative estimate of drug-likeness (QED) is 0.774. The molecule has 1 aromatic rings. The van der Waals surface area contributed by atoms with E-state index in [1.54, 1.807) is 6.07 Å². The number of halogens is 3. The smallest absolute Gasteiger partial charge is 0.399 e. The topological polar surface area (TPSA) is 21.7 Å². The summed E-state index contributed by atoms with van der Waals surface area (Å²) in [6.45, 7) is 9.97. The van der Waals surface area contributed by atoms with Crippen LogP contribution < -0.4 is 5.46 Å².